The lowest BCUT2D eigenvalue weighted by Crippen LogP contribution is -2.15. The van der Waals surface area contributed by atoms with Crippen molar-refractivity contribution in [2.24, 2.45) is 5.92 Å². The van der Waals surface area contributed by atoms with Crippen molar-refractivity contribution in [1.29, 1.82) is 0 Å². The van der Waals surface area contributed by atoms with Gasteiger partial charge in [0.05, 0.1) is 0 Å². The van der Waals surface area contributed by atoms with Crippen molar-refractivity contribution in [3.63, 3.8) is 0 Å². The van der Waals surface area contributed by atoms with Crippen LogP contribution in [0.1, 0.15) is 114 Å². The molecule has 0 atom stereocenters. The van der Waals surface area contributed by atoms with Crippen LogP contribution in [0.4, 0.5) is 0 Å². The Kier molecular flexibility index (Phi) is 16.0. The van der Waals surface area contributed by atoms with E-state index in [4.69, 9.17) is 4.79 Å². The van der Waals surface area contributed by atoms with Gasteiger partial charge in [-0.2, -0.15) is 0 Å². The summed E-state index contributed by atoms with van der Waals surface area (Å²) in [6.45, 7) is 8.81. The van der Waals surface area contributed by atoms with Crippen molar-refractivity contribution in [2.75, 3.05) is 20.6 Å². The lowest BCUT2D eigenvalue weighted by Gasteiger charge is -2.29. The number of rotatable bonds is 15. The van der Waals surface area contributed by atoms with Crippen LogP contribution in [0.2, 0.25) is 0 Å². The minimum Gasteiger partial charge on any atom is -0.309 e. The maximum atomic E-state index is 9.06. The van der Waals surface area contributed by atoms with Gasteiger partial charge in [0.25, 0.3) is 0 Å². The van der Waals surface area contributed by atoms with Gasteiger partial charge < -0.3 is 4.90 Å². The molecule has 1 saturated carbocycles. The molecule has 3 rings (SSSR count). The summed E-state index contributed by atoms with van der Waals surface area (Å²) in [5.74, 6) is 1.77. The first-order chi connectivity index (χ1) is 18.5. The molecule has 1 aliphatic rings. The summed E-state index contributed by atoms with van der Waals surface area (Å²) in [4.78, 5) is 11.3. The van der Waals surface area contributed by atoms with Crippen LogP contribution >= 0.6 is 0 Å². The molecule has 0 aliphatic heterocycles. The average molecular weight is 518 g/mol. The zero-order valence-electron chi connectivity index (χ0n) is 25.0. The third-order valence-corrected chi connectivity index (χ3v) is 8.25. The molecule has 0 saturated heterocycles. The minimum atomic E-state index is 0.639. The van der Waals surface area contributed by atoms with Crippen LogP contribution in [0.15, 0.2) is 55.1 Å². The van der Waals surface area contributed by atoms with Crippen molar-refractivity contribution < 1.29 is 4.79 Å². The van der Waals surface area contributed by atoms with Gasteiger partial charge in [0.2, 0.25) is 0 Å². The first-order valence-corrected chi connectivity index (χ1v) is 15.4. The summed E-state index contributed by atoms with van der Waals surface area (Å²) in [6.07, 6.45) is 21.3. The first-order valence-electron chi connectivity index (χ1n) is 15.4. The molecular weight excluding hydrogens is 462 g/mol. The van der Waals surface area contributed by atoms with Gasteiger partial charge in [0.1, 0.15) is 6.29 Å². The van der Waals surface area contributed by atoms with Gasteiger partial charge in [-0.15, -0.1) is 0 Å². The minimum absolute atomic E-state index is 0.639. The number of hydrogen-bond donors (Lipinski definition) is 0. The van der Waals surface area contributed by atoms with Crippen molar-refractivity contribution in [2.45, 2.75) is 110 Å². The van der Waals surface area contributed by atoms with Crippen LogP contribution in [0, 0.1) is 5.92 Å². The van der Waals surface area contributed by atoms with E-state index in [0.717, 1.165) is 31.2 Å². The topological polar surface area (TPSA) is 20.3 Å². The van der Waals surface area contributed by atoms with E-state index in [2.05, 4.69) is 81.9 Å². The fraction of sp³-hybridized carbons (Fsp3) is 0.583. The summed E-state index contributed by atoms with van der Waals surface area (Å²) >= 11 is 0. The second kappa shape index (κ2) is 19.0. The molecule has 0 radical (unpaired) electrons. The standard InChI is InChI=1S/C33H51N.C3H4O/c1-5-7-8-9-10-11-12-13-27-14-17-30(18-15-27)31-19-21-32(22-20-31)33-23-16-28(24-25-34(3)4)26-29(33)6-2;1-2-3-4/h16,19-23,26-27,30H,5-15,17-18,24-25H2,1-4H3;2-3H,1H2. The number of aryl methyl sites for hydroxylation is 1. The molecule has 1 fully saturated rings. The van der Waals surface area contributed by atoms with Crippen LogP contribution in [0.3, 0.4) is 0 Å². The summed E-state index contributed by atoms with van der Waals surface area (Å²) in [6, 6.07) is 16.7. The molecule has 0 spiro atoms. The summed E-state index contributed by atoms with van der Waals surface area (Å²) in [5.41, 5.74) is 7.31. The van der Waals surface area contributed by atoms with Crippen LogP contribution in [0.5, 0.6) is 0 Å². The van der Waals surface area contributed by atoms with E-state index in [1.165, 1.54) is 105 Å². The van der Waals surface area contributed by atoms with Crippen molar-refractivity contribution in [3.8, 4) is 11.1 Å². The molecule has 2 heteroatoms. The Hall–Kier alpha value is -2.19. The van der Waals surface area contributed by atoms with E-state index in [1.807, 2.05) is 0 Å². The average Bonchev–Trinajstić information content (AvgIpc) is 2.96. The van der Waals surface area contributed by atoms with E-state index in [9.17, 15) is 0 Å². The number of unbranched alkanes of at least 4 members (excludes halogenated alkanes) is 6. The summed E-state index contributed by atoms with van der Waals surface area (Å²) < 4.78 is 0. The molecule has 0 heterocycles. The van der Waals surface area contributed by atoms with Crippen molar-refractivity contribution in [3.05, 3.63) is 71.8 Å². The molecule has 0 unspecified atom stereocenters. The van der Waals surface area contributed by atoms with Gasteiger partial charge in [-0.1, -0.05) is 114 Å². The number of carbonyl (C=O) groups excluding carboxylic acids is 1. The lowest BCUT2D eigenvalue weighted by atomic mass is 9.77. The van der Waals surface area contributed by atoms with E-state index in [0.29, 0.717) is 6.29 Å². The van der Waals surface area contributed by atoms with Gasteiger partial charge in [-0.3, -0.25) is 4.79 Å². The maximum absolute atomic E-state index is 9.06. The predicted molar refractivity (Wildman–Crippen MR) is 167 cm³/mol. The van der Waals surface area contributed by atoms with Crippen molar-refractivity contribution >= 4 is 6.29 Å². The second-order valence-corrected chi connectivity index (χ2v) is 11.5. The number of aldehydes is 1. The van der Waals surface area contributed by atoms with Crippen LogP contribution in [0.25, 0.3) is 11.1 Å². The molecule has 0 aromatic heterocycles. The smallest absolute Gasteiger partial charge is 0.142 e. The Labute approximate surface area is 234 Å². The Balaban J connectivity index is 0.00000118. The monoisotopic (exact) mass is 517 g/mol. The van der Waals surface area contributed by atoms with Crippen LogP contribution in [-0.4, -0.2) is 31.8 Å². The van der Waals surface area contributed by atoms with Gasteiger partial charge in [-0.05, 0) is 98.3 Å². The zero-order chi connectivity index (χ0) is 27.6. The largest absolute Gasteiger partial charge is 0.309 e. The molecule has 2 nitrogen and oxygen atoms in total. The van der Waals surface area contributed by atoms with Crippen LogP contribution < -0.4 is 0 Å². The van der Waals surface area contributed by atoms with Gasteiger partial charge in [-0.25, -0.2) is 0 Å². The Morgan fingerprint density at radius 3 is 2.08 bits per heavy atom. The number of carbonyl (C=O) groups is 1. The SMILES string of the molecule is C=CC=O.CCCCCCCCCC1CCC(c2ccc(-c3ccc(CCN(C)C)cc3CC)cc2)CC1. The highest BCUT2D eigenvalue weighted by Crippen LogP contribution is 2.38. The highest BCUT2D eigenvalue weighted by molar-refractivity contribution is 5.68. The first kappa shape index (κ1) is 32.0. The highest BCUT2D eigenvalue weighted by atomic mass is 16.1. The number of allylic oxidation sites excluding steroid dienone is 1. The van der Waals surface area contributed by atoms with Gasteiger partial charge in [0, 0.05) is 6.54 Å². The molecule has 2 aromatic carbocycles. The fourth-order valence-corrected chi connectivity index (χ4v) is 5.84. The fourth-order valence-electron chi connectivity index (χ4n) is 5.84. The van der Waals surface area contributed by atoms with Crippen molar-refractivity contribution in [1.82, 2.24) is 4.90 Å². The molecule has 210 valence electrons. The maximum Gasteiger partial charge on any atom is 0.142 e. The summed E-state index contributed by atoms with van der Waals surface area (Å²) in [5, 5.41) is 0. The normalized spacial score (nSPS) is 17.1. The predicted octanol–water partition coefficient (Wildman–Crippen LogP) is 9.81. The van der Waals surface area contributed by atoms with Crippen LogP contribution in [-0.2, 0) is 17.6 Å². The van der Waals surface area contributed by atoms with E-state index in [-0.39, 0.29) is 0 Å². The number of benzene rings is 2. The molecule has 0 N–H and O–H groups in total. The zero-order valence-corrected chi connectivity index (χ0v) is 25.0. The molecule has 0 bridgehead atoms. The quantitative estimate of drug-likeness (QED) is 0.133. The Bertz CT molecular complexity index is 899. The van der Waals surface area contributed by atoms with Gasteiger partial charge in [0.15, 0.2) is 0 Å². The van der Waals surface area contributed by atoms with E-state index < -0.39 is 0 Å². The number of hydrogen-bond acceptors (Lipinski definition) is 2. The molecule has 38 heavy (non-hydrogen) atoms. The number of nitrogens with zero attached hydrogens (tertiary/aromatic N) is 1. The molecule has 0 amide bonds. The van der Waals surface area contributed by atoms with Gasteiger partial charge >= 0.3 is 0 Å². The summed E-state index contributed by atoms with van der Waals surface area (Å²) in [7, 11) is 4.30. The Morgan fingerprint density at radius 2 is 1.50 bits per heavy atom. The molecular formula is C36H55NO. The van der Waals surface area contributed by atoms with E-state index in [1.54, 1.807) is 5.56 Å². The lowest BCUT2D eigenvalue weighted by molar-refractivity contribution is -0.104. The number of likely N-dealkylation sites (N-methyl/N-ethyl adjacent to an activating group) is 1. The van der Waals surface area contributed by atoms with E-state index >= 15 is 0 Å². The highest BCUT2D eigenvalue weighted by Gasteiger charge is 2.22. The Morgan fingerprint density at radius 1 is 0.868 bits per heavy atom. The molecule has 2 aromatic rings. The molecule has 1 aliphatic carbocycles. The second-order valence-electron chi connectivity index (χ2n) is 11.5. The third-order valence-electron chi connectivity index (χ3n) is 8.25. The third kappa shape index (κ3) is 11.7.